The van der Waals surface area contributed by atoms with Crippen molar-refractivity contribution in [2.24, 2.45) is 5.92 Å². The molecule has 4 heteroatoms. The second kappa shape index (κ2) is 9.48. The van der Waals surface area contributed by atoms with Crippen molar-refractivity contribution in [2.75, 3.05) is 19.6 Å². The normalized spacial score (nSPS) is 20.7. The van der Waals surface area contributed by atoms with Gasteiger partial charge in [0.2, 0.25) is 0 Å². The molecule has 0 N–H and O–H groups in total. The highest BCUT2D eigenvalue weighted by Gasteiger charge is 2.40. The van der Waals surface area contributed by atoms with Crippen molar-refractivity contribution in [1.82, 2.24) is 9.80 Å². The number of hydrogen-bond acceptors (Lipinski definition) is 2. The Balaban J connectivity index is 1.40. The van der Waals surface area contributed by atoms with Crippen molar-refractivity contribution in [2.45, 2.75) is 38.3 Å². The minimum atomic E-state index is -0.357. The number of aryl methyl sites for hydroxylation is 1. The number of hydrogen-bond donors (Lipinski definition) is 0. The van der Waals surface area contributed by atoms with E-state index in [1.54, 1.807) is 12.1 Å². The fourth-order valence-electron chi connectivity index (χ4n) is 5.30. The van der Waals surface area contributed by atoms with Gasteiger partial charge in [0.15, 0.2) is 0 Å². The highest BCUT2D eigenvalue weighted by molar-refractivity contribution is 5.94. The standard InChI is InChI=1S/C29H31FN2O/c1-21-8-5-6-13-27(21)28-20-31(17-22-9-3-2-4-10-22)18-24(28)19-32(26-14-15-26)29(33)23-11-7-12-25(30)16-23/h2-13,16,24,26,28H,14-15,17-20H2,1H3. The topological polar surface area (TPSA) is 23.6 Å². The first-order chi connectivity index (χ1) is 16.1. The largest absolute Gasteiger partial charge is 0.335 e. The first-order valence-corrected chi connectivity index (χ1v) is 12.0. The summed E-state index contributed by atoms with van der Waals surface area (Å²) < 4.78 is 13.8. The fraction of sp³-hybridized carbons (Fsp3) is 0.345. The van der Waals surface area contributed by atoms with Crippen LogP contribution < -0.4 is 0 Å². The smallest absolute Gasteiger partial charge is 0.254 e. The number of amides is 1. The van der Waals surface area contributed by atoms with Crippen molar-refractivity contribution in [3.8, 4) is 0 Å². The van der Waals surface area contributed by atoms with Crippen LogP contribution in [-0.2, 0) is 6.54 Å². The number of halogens is 1. The van der Waals surface area contributed by atoms with E-state index in [9.17, 15) is 9.18 Å². The lowest BCUT2D eigenvalue weighted by Crippen LogP contribution is -2.39. The number of nitrogens with zero attached hydrogens (tertiary/aromatic N) is 2. The molecule has 1 aliphatic heterocycles. The first-order valence-electron chi connectivity index (χ1n) is 12.0. The number of likely N-dealkylation sites (tertiary alicyclic amines) is 1. The molecule has 33 heavy (non-hydrogen) atoms. The molecule has 0 aromatic heterocycles. The molecule has 0 bridgehead atoms. The maximum atomic E-state index is 13.8. The number of rotatable bonds is 7. The average molecular weight is 443 g/mol. The van der Waals surface area contributed by atoms with Gasteiger partial charge in [-0.05, 0) is 60.6 Å². The zero-order chi connectivity index (χ0) is 22.8. The molecular formula is C29H31FN2O. The molecule has 170 valence electrons. The lowest BCUT2D eigenvalue weighted by Gasteiger charge is -2.29. The van der Waals surface area contributed by atoms with Crippen molar-refractivity contribution in [1.29, 1.82) is 0 Å². The van der Waals surface area contributed by atoms with E-state index >= 15 is 0 Å². The number of benzene rings is 3. The Kier molecular flexibility index (Phi) is 6.28. The maximum Gasteiger partial charge on any atom is 0.254 e. The van der Waals surface area contributed by atoms with E-state index < -0.39 is 0 Å². The quantitative estimate of drug-likeness (QED) is 0.472. The molecule has 1 saturated heterocycles. The third kappa shape index (κ3) is 5.01. The van der Waals surface area contributed by atoms with Gasteiger partial charge in [0.25, 0.3) is 5.91 Å². The molecule has 3 aromatic rings. The Morgan fingerprint density at radius 2 is 1.73 bits per heavy atom. The monoisotopic (exact) mass is 442 g/mol. The molecule has 3 aromatic carbocycles. The van der Waals surface area contributed by atoms with Crippen LogP contribution in [0, 0.1) is 18.7 Å². The van der Waals surface area contributed by atoms with E-state index in [0.717, 1.165) is 32.5 Å². The van der Waals surface area contributed by atoms with Gasteiger partial charge in [0.1, 0.15) is 5.82 Å². The summed E-state index contributed by atoms with van der Waals surface area (Å²) in [5, 5.41) is 0. The molecule has 1 amide bonds. The lowest BCUT2D eigenvalue weighted by atomic mass is 9.86. The summed E-state index contributed by atoms with van der Waals surface area (Å²) in [6.07, 6.45) is 2.08. The van der Waals surface area contributed by atoms with E-state index in [4.69, 9.17) is 0 Å². The molecule has 1 heterocycles. The van der Waals surface area contributed by atoms with Crippen LogP contribution >= 0.6 is 0 Å². The average Bonchev–Trinajstić information content (AvgIpc) is 3.59. The predicted octanol–water partition coefficient (Wildman–Crippen LogP) is 5.65. The summed E-state index contributed by atoms with van der Waals surface area (Å²) in [5.74, 6) is 0.315. The lowest BCUT2D eigenvalue weighted by molar-refractivity contribution is 0.0710. The van der Waals surface area contributed by atoms with Crippen LogP contribution in [0.4, 0.5) is 4.39 Å². The highest BCUT2D eigenvalue weighted by atomic mass is 19.1. The molecule has 5 rings (SSSR count). The second-order valence-electron chi connectivity index (χ2n) is 9.60. The molecule has 2 atom stereocenters. The number of carbonyl (C=O) groups is 1. The van der Waals surface area contributed by atoms with Crippen molar-refractivity contribution in [3.63, 3.8) is 0 Å². The van der Waals surface area contributed by atoms with Crippen LogP contribution in [0.3, 0.4) is 0 Å². The molecule has 2 unspecified atom stereocenters. The zero-order valence-electron chi connectivity index (χ0n) is 19.2. The van der Waals surface area contributed by atoms with Crippen LogP contribution in [-0.4, -0.2) is 41.4 Å². The molecule has 2 aliphatic rings. The molecule has 0 spiro atoms. The Morgan fingerprint density at radius 1 is 0.970 bits per heavy atom. The summed E-state index contributed by atoms with van der Waals surface area (Å²) in [7, 11) is 0. The van der Waals surface area contributed by atoms with Gasteiger partial charge in [-0.3, -0.25) is 9.69 Å². The SMILES string of the molecule is Cc1ccccc1C1CN(Cc2ccccc2)CC1CN(C(=O)c1cccc(F)c1)C1CC1. The molecule has 2 fully saturated rings. The van der Waals surface area contributed by atoms with Crippen molar-refractivity contribution >= 4 is 5.91 Å². The molecule has 3 nitrogen and oxygen atoms in total. The van der Waals surface area contributed by atoms with Crippen molar-refractivity contribution in [3.05, 3.63) is 107 Å². The van der Waals surface area contributed by atoms with Crippen LogP contribution in [0.15, 0.2) is 78.9 Å². The molecule has 1 saturated carbocycles. The fourth-order valence-corrected chi connectivity index (χ4v) is 5.30. The van der Waals surface area contributed by atoms with Gasteiger partial charge in [-0.1, -0.05) is 60.7 Å². The maximum absolute atomic E-state index is 13.8. The van der Waals surface area contributed by atoms with E-state index in [1.165, 1.54) is 28.8 Å². The Bertz CT molecular complexity index is 1110. The number of carbonyl (C=O) groups excluding carboxylic acids is 1. The predicted molar refractivity (Wildman–Crippen MR) is 130 cm³/mol. The third-order valence-corrected chi connectivity index (χ3v) is 7.10. The van der Waals surface area contributed by atoms with E-state index in [2.05, 4.69) is 66.4 Å². The molecule has 1 aliphatic carbocycles. The summed E-state index contributed by atoms with van der Waals surface area (Å²) in [5.41, 5.74) is 4.46. The summed E-state index contributed by atoms with van der Waals surface area (Å²) in [6.45, 7) is 5.75. The van der Waals surface area contributed by atoms with Gasteiger partial charge in [-0.2, -0.15) is 0 Å². The Morgan fingerprint density at radius 3 is 2.45 bits per heavy atom. The minimum Gasteiger partial charge on any atom is -0.335 e. The Hall–Kier alpha value is -2.98. The van der Waals surface area contributed by atoms with Gasteiger partial charge >= 0.3 is 0 Å². The van der Waals surface area contributed by atoms with Gasteiger partial charge in [0, 0.05) is 43.7 Å². The van der Waals surface area contributed by atoms with Crippen LogP contribution in [0.2, 0.25) is 0 Å². The van der Waals surface area contributed by atoms with Gasteiger partial charge in [-0.15, -0.1) is 0 Å². The van der Waals surface area contributed by atoms with Gasteiger partial charge < -0.3 is 4.90 Å². The summed E-state index contributed by atoms with van der Waals surface area (Å²) >= 11 is 0. The summed E-state index contributed by atoms with van der Waals surface area (Å²) in [4.78, 5) is 17.9. The van der Waals surface area contributed by atoms with Crippen molar-refractivity contribution < 1.29 is 9.18 Å². The van der Waals surface area contributed by atoms with Crippen LogP contribution in [0.5, 0.6) is 0 Å². The second-order valence-corrected chi connectivity index (χ2v) is 9.60. The van der Waals surface area contributed by atoms with E-state index in [1.807, 2.05) is 4.90 Å². The van der Waals surface area contributed by atoms with Crippen LogP contribution in [0.1, 0.15) is 45.8 Å². The third-order valence-electron chi connectivity index (χ3n) is 7.10. The Labute approximate surface area is 195 Å². The van der Waals surface area contributed by atoms with E-state index in [0.29, 0.717) is 23.9 Å². The summed E-state index contributed by atoms with van der Waals surface area (Å²) in [6, 6.07) is 25.6. The van der Waals surface area contributed by atoms with Crippen LogP contribution in [0.25, 0.3) is 0 Å². The van der Waals surface area contributed by atoms with Gasteiger partial charge in [0.05, 0.1) is 0 Å². The molecule has 0 radical (unpaired) electrons. The van der Waals surface area contributed by atoms with Gasteiger partial charge in [-0.25, -0.2) is 4.39 Å². The zero-order valence-corrected chi connectivity index (χ0v) is 19.2. The van der Waals surface area contributed by atoms with E-state index in [-0.39, 0.29) is 17.8 Å². The first kappa shape index (κ1) is 21.8. The molecular weight excluding hydrogens is 411 g/mol. The minimum absolute atomic E-state index is 0.0398. The highest BCUT2D eigenvalue weighted by Crippen LogP contribution is 2.38.